The van der Waals surface area contributed by atoms with Crippen molar-refractivity contribution in [1.82, 2.24) is 10.6 Å². The lowest BCUT2D eigenvalue weighted by atomic mass is 10.2. The number of nitrogens with one attached hydrogen (secondary N) is 2. The highest BCUT2D eigenvalue weighted by Gasteiger charge is 1.99. The van der Waals surface area contributed by atoms with Crippen molar-refractivity contribution in [3.8, 4) is 0 Å². The van der Waals surface area contributed by atoms with Crippen LogP contribution in [0, 0.1) is 5.82 Å². The molecular formula is C14H13FN2O2. The van der Waals surface area contributed by atoms with Gasteiger partial charge in [-0.1, -0.05) is 12.1 Å². The molecule has 0 aliphatic rings. The molecule has 0 spiro atoms. The third kappa shape index (κ3) is 4.31. The minimum atomic E-state index is -0.338. The van der Waals surface area contributed by atoms with Gasteiger partial charge < -0.3 is 15.1 Å². The topological polar surface area (TPSA) is 54.3 Å². The summed E-state index contributed by atoms with van der Waals surface area (Å²) in [7, 11) is 0. The van der Waals surface area contributed by atoms with Crippen LogP contribution in [0.25, 0.3) is 6.08 Å². The lowest BCUT2D eigenvalue weighted by Gasteiger charge is -2.01. The first kappa shape index (κ1) is 12.9. The number of carbonyl (C=O) groups excluding carboxylic acids is 1. The van der Waals surface area contributed by atoms with Crippen LogP contribution in [0.5, 0.6) is 0 Å². The van der Waals surface area contributed by atoms with E-state index >= 15 is 0 Å². The highest BCUT2D eigenvalue weighted by atomic mass is 19.1. The monoisotopic (exact) mass is 260 g/mol. The van der Waals surface area contributed by atoms with Gasteiger partial charge in [-0.15, -0.1) is 0 Å². The van der Waals surface area contributed by atoms with Crippen molar-refractivity contribution in [3.05, 3.63) is 66.0 Å². The zero-order valence-electron chi connectivity index (χ0n) is 10.1. The summed E-state index contributed by atoms with van der Waals surface area (Å²) < 4.78 is 17.7. The normalized spacial score (nSPS) is 10.6. The van der Waals surface area contributed by atoms with E-state index in [0.717, 1.165) is 5.56 Å². The molecule has 0 bridgehead atoms. The number of carbonyl (C=O) groups is 1. The molecule has 98 valence electrons. The molecular weight excluding hydrogens is 247 g/mol. The number of benzene rings is 1. The Labute approximate surface area is 109 Å². The van der Waals surface area contributed by atoms with Crippen LogP contribution in [0.4, 0.5) is 9.18 Å². The number of amides is 2. The fraction of sp³-hybridized carbons (Fsp3) is 0.0714. The Bertz CT molecular complexity index is 547. The van der Waals surface area contributed by atoms with Gasteiger partial charge in [-0.2, -0.15) is 0 Å². The molecule has 2 amide bonds. The van der Waals surface area contributed by atoms with Crippen LogP contribution >= 0.6 is 0 Å². The summed E-state index contributed by atoms with van der Waals surface area (Å²) in [4.78, 5) is 11.4. The predicted molar refractivity (Wildman–Crippen MR) is 69.5 cm³/mol. The molecule has 2 rings (SSSR count). The number of furan rings is 1. The number of hydrogen-bond acceptors (Lipinski definition) is 2. The van der Waals surface area contributed by atoms with Crippen LogP contribution in [0.3, 0.4) is 0 Å². The second-order valence-corrected chi connectivity index (χ2v) is 3.79. The summed E-state index contributed by atoms with van der Waals surface area (Å²) in [5, 5.41) is 5.17. The van der Waals surface area contributed by atoms with Crippen molar-refractivity contribution in [1.29, 1.82) is 0 Å². The van der Waals surface area contributed by atoms with Crippen molar-refractivity contribution in [3.63, 3.8) is 0 Å². The smallest absolute Gasteiger partial charge is 0.319 e. The summed E-state index contributed by atoms with van der Waals surface area (Å²) >= 11 is 0. The molecule has 2 N–H and O–H groups in total. The molecule has 1 heterocycles. The van der Waals surface area contributed by atoms with Crippen LogP contribution in [0.15, 0.2) is 53.3 Å². The van der Waals surface area contributed by atoms with Crippen LogP contribution in [-0.4, -0.2) is 6.03 Å². The van der Waals surface area contributed by atoms with Gasteiger partial charge in [0.15, 0.2) is 0 Å². The number of hydrogen-bond donors (Lipinski definition) is 2. The molecule has 5 heteroatoms. The second-order valence-electron chi connectivity index (χ2n) is 3.79. The Morgan fingerprint density at radius 1 is 1.26 bits per heavy atom. The Morgan fingerprint density at radius 3 is 2.74 bits per heavy atom. The van der Waals surface area contributed by atoms with Gasteiger partial charge in [-0.25, -0.2) is 9.18 Å². The van der Waals surface area contributed by atoms with E-state index in [2.05, 4.69) is 10.6 Å². The van der Waals surface area contributed by atoms with Gasteiger partial charge in [0.25, 0.3) is 0 Å². The van der Waals surface area contributed by atoms with Crippen LogP contribution < -0.4 is 10.6 Å². The van der Waals surface area contributed by atoms with E-state index in [-0.39, 0.29) is 11.8 Å². The molecule has 19 heavy (non-hydrogen) atoms. The quantitative estimate of drug-likeness (QED) is 0.888. The standard InChI is InChI=1S/C14H13FN2O2/c15-12-5-3-11(4-6-12)7-8-16-14(18)17-10-13-2-1-9-19-13/h1-9H,10H2,(H2,16,17,18)/b8-7+. The highest BCUT2D eigenvalue weighted by Crippen LogP contribution is 2.03. The van der Waals surface area contributed by atoms with Crippen molar-refractivity contribution >= 4 is 12.1 Å². The minimum Gasteiger partial charge on any atom is -0.467 e. The first-order valence-electron chi connectivity index (χ1n) is 5.73. The van der Waals surface area contributed by atoms with Gasteiger partial charge in [-0.05, 0) is 35.9 Å². The van der Waals surface area contributed by atoms with Crippen LogP contribution in [0.1, 0.15) is 11.3 Å². The maximum Gasteiger partial charge on any atom is 0.319 e. The van der Waals surface area contributed by atoms with Gasteiger partial charge >= 0.3 is 6.03 Å². The average molecular weight is 260 g/mol. The van der Waals surface area contributed by atoms with Gasteiger partial charge in [0.05, 0.1) is 12.8 Å². The minimum absolute atomic E-state index is 0.290. The van der Waals surface area contributed by atoms with E-state index in [1.54, 1.807) is 36.6 Å². The molecule has 0 saturated heterocycles. The van der Waals surface area contributed by atoms with E-state index in [1.807, 2.05) is 0 Å². The SMILES string of the molecule is O=C(N/C=C/c1ccc(F)cc1)NCc1ccco1. The maximum atomic E-state index is 12.7. The van der Waals surface area contributed by atoms with Gasteiger partial charge in [0.1, 0.15) is 11.6 Å². The molecule has 0 radical (unpaired) electrons. The number of rotatable bonds is 4. The van der Waals surface area contributed by atoms with Crippen molar-refractivity contribution < 1.29 is 13.6 Å². The Hall–Kier alpha value is -2.56. The molecule has 0 atom stereocenters. The largest absolute Gasteiger partial charge is 0.467 e. The van der Waals surface area contributed by atoms with E-state index in [9.17, 15) is 9.18 Å². The molecule has 1 aromatic heterocycles. The Kier molecular flexibility index (Phi) is 4.34. The van der Waals surface area contributed by atoms with Crippen molar-refractivity contribution in [2.45, 2.75) is 6.54 Å². The van der Waals surface area contributed by atoms with E-state index in [1.165, 1.54) is 18.3 Å². The molecule has 0 saturated carbocycles. The second kappa shape index (κ2) is 6.39. The predicted octanol–water partition coefficient (Wildman–Crippen LogP) is 2.89. The van der Waals surface area contributed by atoms with Gasteiger partial charge in [0.2, 0.25) is 0 Å². The number of halogens is 1. The number of urea groups is 1. The van der Waals surface area contributed by atoms with Crippen molar-refractivity contribution in [2.24, 2.45) is 0 Å². The van der Waals surface area contributed by atoms with Crippen LogP contribution in [0.2, 0.25) is 0 Å². The molecule has 1 aromatic carbocycles. The molecule has 0 aliphatic carbocycles. The summed E-state index contributed by atoms with van der Waals surface area (Å²) in [6, 6.07) is 9.14. The van der Waals surface area contributed by atoms with Crippen LogP contribution in [-0.2, 0) is 6.54 Å². The summed E-state index contributed by atoms with van der Waals surface area (Å²) in [6.45, 7) is 0.323. The fourth-order valence-electron chi connectivity index (χ4n) is 1.42. The molecule has 2 aromatic rings. The van der Waals surface area contributed by atoms with Gasteiger partial charge in [0, 0.05) is 6.20 Å². The Morgan fingerprint density at radius 2 is 2.05 bits per heavy atom. The lowest BCUT2D eigenvalue weighted by molar-refractivity contribution is 0.243. The molecule has 4 nitrogen and oxygen atoms in total. The maximum absolute atomic E-state index is 12.7. The lowest BCUT2D eigenvalue weighted by Crippen LogP contribution is -2.31. The van der Waals surface area contributed by atoms with E-state index < -0.39 is 0 Å². The zero-order chi connectivity index (χ0) is 13.5. The molecule has 0 unspecified atom stereocenters. The average Bonchev–Trinajstić information content (AvgIpc) is 2.92. The van der Waals surface area contributed by atoms with Crippen molar-refractivity contribution in [2.75, 3.05) is 0 Å². The highest BCUT2D eigenvalue weighted by molar-refractivity contribution is 5.75. The first-order valence-corrected chi connectivity index (χ1v) is 5.73. The van der Waals surface area contributed by atoms with E-state index in [0.29, 0.717) is 12.3 Å². The Balaban J connectivity index is 1.75. The third-order valence-corrected chi connectivity index (χ3v) is 2.36. The van der Waals surface area contributed by atoms with E-state index in [4.69, 9.17) is 4.42 Å². The molecule has 0 fully saturated rings. The zero-order valence-corrected chi connectivity index (χ0v) is 10.1. The van der Waals surface area contributed by atoms with Gasteiger partial charge in [-0.3, -0.25) is 0 Å². The third-order valence-electron chi connectivity index (χ3n) is 2.36. The summed E-state index contributed by atoms with van der Waals surface area (Å²) in [6.07, 6.45) is 4.71. The first-order chi connectivity index (χ1) is 9.24. The summed E-state index contributed by atoms with van der Waals surface area (Å²) in [5.74, 6) is 0.388. The fourth-order valence-corrected chi connectivity index (χ4v) is 1.42. The molecule has 0 aliphatic heterocycles. The summed E-state index contributed by atoms with van der Waals surface area (Å²) in [5.41, 5.74) is 0.799.